The van der Waals surface area contributed by atoms with Crippen molar-refractivity contribution in [3.63, 3.8) is 0 Å². The average molecular weight is 266 g/mol. The van der Waals surface area contributed by atoms with E-state index in [1.807, 2.05) is 12.1 Å². The van der Waals surface area contributed by atoms with Crippen molar-refractivity contribution in [1.29, 1.82) is 0 Å². The molecule has 1 atom stereocenters. The highest BCUT2D eigenvalue weighted by Gasteiger charge is 2.14. The summed E-state index contributed by atoms with van der Waals surface area (Å²) in [5.74, 6) is 0.213. The van der Waals surface area contributed by atoms with Gasteiger partial charge >= 0.3 is 0 Å². The zero-order valence-electron chi connectivity index (χ0n) is 11.6. The standard InChI is InChI=1S/C15H23FN2O/c1-12(4-5-17)13-2-3-14(15(16)10-13)11-18-6-8-19-9-7-18/h2-3,10,12H,4-9,11,17H2,1H3. The van der Waals surface area contributed by atoms with E-state index in [1.54, 1.807) is 6.07 Å². The summed E-state index contributed by atoms with van der Waals surface area (Å²) in [5, 5.41) is 0. The minimum atomic E-state index is -0.104. The summed E-state index contributed by atoms with van der Waals surface area (Å²) in [6, 6.07) is 5.60. The van der Waals surface area contributed by atoms with Gasteiger partial charge in [-0.2, -0.15) is 0 Å². The molecule has 0 radical (unpaired) electrons. The molecule has 1 aromatic carbocycles. The van der Waals surface area contributed by atoms with E-state index in [0.717, 1.165) is 43.9 Å². The Hall–Kier alpha value is -0.970. The number of nitrogens with two attached hydrogens (primary N) is 1. The van der Waals surface area contributed by atoms with Crippen molar-refractivity contribution in [1.82, 2.24) is 4.90 Å². The molecular formula is C15H23FN2O. The fourth-order valence-electron chi connectivity index (χ4n) is 2.42. The Balaban J connectivity index is 2.01. The Bertz CT molecular complexity index is 405. The number of nitrogens with zero attached hydrogens (tertiary/aromatic N) is 1. The number of hydrogen-bond acceptors (Lipinski definition) is 3. The predicted octanol–water partition coefficient (Wildman–Crippen LogP) is 2.11. The highest BCUT2D eigenvalue weighted by Crippen LogP contribution is 2.22. The number of morpholine rings is 1. The van der Waals surface area contributed by atoms with Crippen LogP contribution in [-0.2, 0) is 11.3 Å². The molecule has 0 bridgehead atoms. The van der Waals surface area contributed by atoms with Gasteiger partial charge < -0.3 is 10.5 Å². The first kappa shape index (κ1) is 14.4. The van der Waals surface area contributed by atoms with Crippen LogP contribution in [0.2, 0.25) is 0 Å². The minimum absolute atomic E-state index is 0.104. The molecule has 106 valence electrons. The van der Waals surface area contributed by atoms with Crippen molar-refractivity contribution in [3.8, 4) is 0 Å². The Kier molecular flexibility index (Phi) is 5.31. The Morgan fingerprint density at radius 3 is 2.74 bits per heavy atom. The van der Waals surface area contributed by atoms with E-state index in [0.29, 0.717) is 19.0 Å². The summed E-state index contributed by atoms with van der Waals surface area (Å²) < 4.78 is 19.4. The van der Waals surface area contributed by atoms with Crippen molar-refractivity contribution in [2.75, 3.05) is 32.8 Å². The second-order valence-electron chi connectivity index (χ2n) is 5.22. The average Bonchev–Trinajstić information content (AvgIpc) is 2.42. The molecule has 1 fully saturated rings. The zero-order chi connectivity index (χ0) is 13.7. The van der Waals surface area contributed by atoms with Gasteiger partial charge in [0.05, 0.1) is 13.2 Å². The minimum Gasteiger partial charge on any atom is -0.379 e. The van der Waals surface area contributed by atoms with Gasteiger partial charge in [-0.3, -0.25) is 4.90 Å². The Morgan fingerprint density at radius 1 is 1.37 bits per heavy atom. The van der Waals surface area contributed by atoms with Crippen LogP contribution in [0, 0.1) is 5.82 Å². The second kappa shape index (κ2) is 6.98. The van der Waals surface area contributed by atoms with Crippen molar-refractivity contribution >= 4 is 0 Å². The van der Waals surface area contributed by atoms with Gasteiger partial charge in [-0.05, 0) is 30.5 Å². The van der Waals surface area contributed by atoms with Crippen LogP contribution in [-0.4, -0.2) is 37.7 Å². The summed E-state index contributed by atoms with van der Waals surface area (Å²) in [7, 11) is 0. The summed E-state index contributed by atoms with van der Waals surface area (Å²) in [6.45, 7) is 6.64. The first-order chi connectivity index (χ1) is 9.20. The molecule has 1 heterocycles. The van der Waals surface area contributed by atoms with Crippen molar-refractivity contribution in [2.24, 2.45) is 5.73 Å². The molecule has 4 heteroatoms. The van der Waals surface area contributed by atoms with E-state index in [1.165, 1.54) is 0 Å². The van der Waals surface area contributed by atoms with E-state index in [-0.39, 0.29) is 5.82 Å². The van der Waals surface area contributed by atoms with Gasteiger partial charge in [-0.1, -0.05) is 19.1 Å². The van der Waals surface area contributed by atoms with E-state index in [9.17, 15) is 4.39 Å². The Labute approximate surface area is 114 Å². The van der Waals surface area contributed by atoms with Crippen molar-refractivity contribution < 1.29 is 9.13 Å². The van der Waals surface area contributed by atoms with Gasteiger partial charge in [-0.15, -0.1) is 0 Å². The molecule has 3 nitrogen and oxygen atoms in total. The molecule has 0 aliphatic carbocycles. The van der Waals surface area contributed by atoms with E-state index >= 15 is 0 Å². The number of rotatable bonds is 5. The van der Waals surface area contributed by atoms with Crippen LogP contribution >= 0.6 is 0 Å². The van der Waals surface area contributed by atoms with Gasteiger partial charge in [0.25, 0.3) is 0 Å². The Morgan fingerprint density at radius 2 is 2.11 bits per heavy atom. The summed E-state index contributed by atoms with van der Waals surface area (Å²) in [5.41, 5.74) is 7.35. The maximum absolute atomic E-state index is 14.1. The van der Waals surface area contributed by atoms with Crippen LogP contribution in [0.3, 0.4) is 0 Å². The molecule has 2 rings (SSSR count). The molecule has 0 amide bonds. The van der Waals surface area contributed by atoms with Crippen molar-refractivity contribution in [2.45, 2.75) is 25.8 Å². The largest absolute Gasteiger partial charge is 0.379 e. The van der Waals surface area contributed by atoms with Gasteiger partial charge in [0.15, 0.2) is 0 Å². The van der Waals surface area contributed by atoms with Crippen molar-refractivity contribution in [3.05, 3.63) is 35.1 Å². The molecule has 1 aliphatic heterocycles. The lowest BCUT2D eigenvalue weighted by molar-refractivity contribution is 0.0337. The summed E-state index contributed by atoms with van der Waals surface area (Å²) >= 11 is 0. The first-order valence-electron chi connectivity index (χ1n) is 6.99. The molecule has 0 saturated carbocycles. The normalized spacial score (nSPS) is 18.5. The maximum Gasteiger partial charge on any atom is 0.127 e. The highest BCUT2D eigenvalue weighted by atomic mass is 19.1. The molecular weight excluding hydrogens is 243 g/mol. The van der Waals surface area contributed by atoms with Gasteiger partial charge in [-0.25, -0.2) is 4.39 Å². The van der Waals surface area contributed by atoms with Crippen LogP contribution in [0.4, 0.5) is 4.39 Å². The lowest BCUT2D eigenvalue weighted by atomic mass is 9.96. The molecule has 1 aromatic rings. The second-order valence-corrected chi connectivity index (χ2v) is 5.22. The lowest BCUT2D eigenvalue weighted by Crippen LogP contribution is -2.35. The van der Waals surface area contributed by atoms with Gasteiger partial charge in [0.2, 0.25) is 0 Å². The van der Waals surface area contributed by atoms with Crippen LogP contribution in [0.5, 0.6) is 0 Å². The van der Waals surface area contributed by atoms with Gasteiger partial charge in [0.1, 0.15) is 5.82 Å². The van der Waals surface area contributed by atoms with Crippen LogP contribution in [0.1, 0.15) is 30.4 Å². The monoisotopic (exact) mass is 266 g/mol. The van der Waals surface area contributed by atoms with E-state index in [4.69, 9.17) is 10.5 Å². The third-order valence-electron chi connectivity index (χ3n) is 3.74. The topological polar surface area (TPSA) is 38.5 Å². The summed E-state index contributed by atoms with van der Waals surface area (Å²) in [4.78, 5) is 2.23. The van der Waals surface area contributed by atoms with Gasteiger partial charge in [0, 0.05) is 25.2 Å². The number of ether oxygens (including phenoxy) is 1. The molecule has 1 saturated heterocycles. The van der Waals surface area contributed by atoms with Crippen LogP contribution < -0.4 is 5.73 Å². The highest BCUT2D eigenvalue weighted by molar-refractivity contribution is 5.26. The molecule has 1 unspecified atom stereocenters. The number of halogens is 1. The zero-order valence-corrected chi connectivity index (χ0v) is 11.6. The number of hydrogen-bond donors (Lipinski definition) is 1. The smallest absolute Gasteiger partial charge is 0.127 e. The summed E-state index contributed by atoms with van der Waals surface area (Å²) in [6.07, 6.45) is 0.891. The van der Waals surface area contributed by atoms with E-state index < -0.39 is 0 Å². The molecule has 0 spiro atoms. The predicted molar refractivity (Wildman–Crippen MR) is 74.6 cm³/mol. The first-order valence-corrected chi connectivity index (χ1v) is 6.99. The number of benzene rings is 1. The molecule has 19 heavy (non-hydrogen) atoms. The van der Waals surface area contributed by atoms with Crippen LogP contribution in [0.25, 0.3) is 0 Å². The fraction of sp³-hybridized carbons (Fsp3) is 0.600. The third kappa shape index (κ3) is 4.00. The quantitative estimate of drug-likeness (QED) is 0.887. The molecule has 1 aliphatic rings. The molecule has 2 N–H and O–H groups in total. The van der Waals surface area contributed by atoms with Crippen LogP contribution in [0.15, 0.2) is 18.2 Å². The van der Waals surface area contributed by atoms with E-state index in [2.05, 4.69) is 11.8 Å². The molecule has 0 aromatic heterocycles. The lowest BCUT2D eigenvalue weighted by Gasteiger charge is -2.26. The SMILES string of the molecule is CC(CCN)c1ccc(CN2CCOCC2)c(F)c1. The fourth-order valence-corrected chi connectivity index (χ4v) is 2.42. The third-order valence-corrected chi connectivity index (χ3v) is 3.74. The maximum atomic E-state index is 14.1.